The van der Waals surface area contributed by atoms with Crippen molar-refractivity contribution in [3.63, 3.8) is 0 Å². The van der Waals surface area contributed by atoms with Crippen LogP contribution in [0.25, 0.3) is 0 Å². The van der Waals surface area contributed by atoms with E-state index >= 15 is 0 Å². The predicted molar refractivity (Wildman–Crippen MR) is 84.7 cm³/mol. The summed E-state index contributed by atoms with van der Waals surface area (Å²) in [4.78, 5) is 14.0. The van der Waals surface area contributed by atoms with Gasteiger partial charge in [0.15, 0.2) is 5.78 Å². The van der Waals surface area contributed by atoms with E-state index in [-0.39, 0.29) is 5.78 Å². The number of halogens is 1. The van der Waals surface area contributed by atoms with Gasteiger partial charge in [-0.2, -0.15) is 0 Å². The predicted octanol–water partition coefficient (Wildman–Crippen LogP) is 3.14. The molecule has 20 heavy (non-hydrogen) atoms. The van der Waals surface area contributed by atoms with Gasteiger partial charge in [-0.15, -0.1) is 0 Å². The zero-order valence-electron chi connectivity index (χ0n) is 12.3. The van der Waals surface area contributed by atoms with Gasteiger partial charge in [-0.3, -0.25) is 4.79 Å². The minimum absolute atomic E-state index is 0.0710. The fourth-order valence-electron chi connectivity index (χ4n) is 2.02. The highest BCUT2D eigenvalue weighted by Crippen LogP contribution is 2.26. The number of hydrogen-bond acceptors (Lipinski definition) is 4. The van der Waals surface area contributed by atoms with Crippen molar-refractivity contribution in [3.05, 3.63) is 28.2 Å². The van der Waals surface area contributed by atoms with Crippen molar-refractivity contribution in [1.82, 2.24) is 0 Å². The molecule has 1 aromatic carbocycles. The Balaban J connectivity index is 2.97. The molecule has 0 saturated carbocycles. The van der Waals surface area contributed by atoms with E-state index in [4.69, 9.17) is 9.47 Å². The van der Waals surface area contributed by atoms with E-state index in [9.17, 15) is 4.79 Å². The minimum Gasteiger partial charge on any atom is -0.385 e. The fraction of sp³-hybridized carbons (Fsp3) is 0.533. The van der Waals surface area contributed by atoms with Crippen LogP contribution in [0.15, 0.2) is 22.7 Å². The zero-order valence-corrected chi connectivity index (χ0v) is 13.9. The Morgan fingerprint density at radius 2 is 1.90 bits per heavy atom. The highest BCUT2D eigenvalue weighted by Gasteiger charge is 2.14. The van der Waals surface area contributed by atoms with Gasteiger partial charge in [0.25, 0.3) is 0 Å². The van der Waals surface area contributed by atoms with Gasteiger partial charge in [0.2, 0.25) is 0 Å². The lowest BCUT2D eigenvalue weighted by atomic mass is 10.1. The topological polar surface area (TPSA) is 38.8 Å². The Hall–Kier alpha value is -0.910. The maximum atomic E-state index is 11.8. The maximum Gasteiger partial charge on any atom is 0.161 e. The highest BCUT2D eigenvalue weighted by atomic mass is 79.9. The molecule has 1 aromatic rings. The van der Waals surface area contributed by atoms with Gasteiger partial charge in [0.1, 0.15) is 0 Å². The van der Waals surface area contributed by atoms with Gasteiger partial charge in [-0.05, 0) is 31.5 Å². The summed E-state index contributed by atoms with van der Waals surface area (Å²) in [6, 6.07) is 5.74. The number of carbonyl (C=O) groups is 1. The number of rotatable bonds is 9. The Bertz CT molecular complexity index is 437. The number of Topliss-reactive ketones (excluding diaryl/α,β-unsaturated/α-hetero) is 1. The summed E-state index contributed by atoms with van der Waals surface area (Å²) >= 11 is 3.47. The largest absolute Gasteiger partial charge is 0.385 e. The number of ether oxygens (including phenoxy) is 2. The van der Waals surface area contributed by atoms with Gasteiger partial charge in [0, 0.05) is 49.6 Å². The van der Waals surface area contributed by atoms with Crippen molar-refractivity contribution in [2.24, 2.45) is 0 Å². The first-order chi connectivity index (χ1) is 9.60. The molecule has 0 bridgehead atoms. The Labute approximate surface area is 129 Å². The van der Waals surface area contributed by atoms with E-state index in [1.807, 2.05) is 18.2 Å². The molecule has 0 atom stereocenters. The van der Waals surface area contributed by atoms with Crippen LogP contribution in [-0.4, -0.2) is 46.3 Å². The van der Waals surface area contributed by atoms with Crippen LogP contribution in [0.5, 0.6) is 0 Å². The van der Waals surface area contributed by atoms with Crippen LogP contribution in [0.4, 0.5) is 5.69 Å². The van der Waals surface area contributed by atoms with Crippen LogP contribution < -0.4 is 4.90 Å². The molecule has 1 rings (SSSR count). The van der Waals surface area contributed by atoms with Crippen LogP contribution in [0.3, 0.4) is 0 Å². The molecule has 0 aliphatic heterocycles. The second kappa shape index (κ2) is 9.10. The second-order valence-corrected chi connectivity index (χ2v) is 5.46. The van der Waals surface area contributed by atoms with Gasteiger partial charge in [-0.1, -0.05) is 15.9 Å². The lowest BCUT2D eigenvalue weighted by Gasteiger charge is -2.26. The zero-order chi connectivity index (χ0) is 15.0. The molecular weight excluding hydrogens is 322 g/mol. The van der Waals surface area contributed by atoms with E-state index < -0.39 is 0 Å². The molecule has 0 aliphatic rings. The average molecular weight is 344 g/mol. The number of ketones is 1. The first-order valence-corrected chi connectivity index (χ1v) is 7.42. The molecule has 0 amide bonds. The van der Waals surface area contributed by atoms with Gasteiger partial charge in [-0.25, -0.2) is 0 Å². The summed E-state index contributed by atoms with van der Waals surface area (Å²) < 4.78 is 11.2. The molecule has 0 N–H and O–H groups in total. The smallest absolute Gasteiger partial charge is 0.161 e. The summed E-state index contributed by atoms with van der Waals surface area (Å²) in [5.41, 5.74) is 1.68. The minimum atomic E-state index is 0.0710. The number of methoxy groups -OCH3 is 2. The highest BCUT2D eigenvalue weighted by molar-refractivity contribution is 9.10. The van der Waals surface area contributed by atoms with Crippen LogP contribution in [0, 0.1) is 0 Å². The second-order valence-electron chi connectivity index (χ2n) is 4.54. The summed E-state index contributed by atoms with van der Waals surface area (Å²) in [6.45, 7) is 4.49. The fourth-order valence-corrected chi connectivity index (χ4v) is 2.37. The number of benzene rings is 1. The molecule has 0 aromatic heterocycles. The summed E-state index contributed by atoms with van der Waals surface area (Å²) in [7, 11) is 3.37. The van der Waals surface area contributed by atoms with Crippen LogP contribution in [0.2, 0.25) is 0 Å². The van der Waals surface area contributed by atoms with E-state index in [0.29, 0.717) is 13.2 Å². The van der Waals surface area contributed by atoms with Crippen LogP contribution >= 0.6 is 15.9 Å². The van der Waals surface area contributed by atoms with Crippen molar-refractivity contribution in [3.8, 4) is 0 Å². The first-order valence-electron chi connectivity index (χ1n) is 6.63. The number of hydrogen-bond donors (Lipinski definition) is 0. The summed E-state index contributed by atoms with van der Waals surface area (Å²) in [5, 5.41) is 0. The average Bonchev–Trinajstić information content (AvgIpc) is 2.42. The molecule has 0 fully saturated rings. The molecule has 0 radical (unpaired) electrons. The summed E-state index contributed by atoms with van der Waals surface area (Å²) in [5.74, 6) is 0.0710. The number of anilines is 1. The number of nitrogens with zero attached hydrogens (tertiary/aromatic N) is 1. The van der Waals surface area contributed by atoms with Crippen molar-refractivity contribution in [1.29, 1.82) is 0 Å². The molecule has 0 spiro atoms. The van der Waals surface area contributed by atoms with Crippen molar-refractivity contribution >= 4 is 27.4 Å². The number of carbonyl (C=O) groups excluding carboxylic acids is 1. The third-order valence-corrected chi connectivity index (χ3v) is 3.51. The van der Waals surface area contributed by atoms with E-state index in [1.165, 1.54) is 0 Å². The van der Waals surface area contributed by atoms with Gasteiger partial charge >= 0.3 is 0 Å². The monoisotopic (exact) mass is 343 g/mol. The lowest BCUT2D eigenvalue weighted by molar-refractivity contribution is 0.101. The lowest BCUT2D eigenvalue weighted by Crippen LogP contribution is -2.30. The summed E-state index contributed by atoms with van der Waals surface area (Å²) in [6.07, 6.45) is 0.907. The first kappa shape index (κ1) is 17.1. The van der Waals surface area contributed by atoms with E-state index in [0.717, 1.165) is 35.2 Å². The molecule has 112 valence electrons. The molecule has 0 aliphatic carbocycles. The Morgan fingerprint density at radius 1 is 1.20 bits per heavy atom. The van der Waals surface area contributed by atoms with Gasteiger partial charge in [0.05, 0.1) is 6.61 Å². The third-order valence-electron chi connectivity index (χ3n) is 3.02. The molecule has 5 heteroatoms. The van der Waals surface area contributed by atoms with E-state index in [2.05, 4.69) is 20.8 Å². The normalized spacial score (nSPS) is 10.6. The van der Waals surface area contributed by atoms with Crippen molar-refractivity contribution < 1.29 is 14.3 Å². The maximum absolute atomic E-state index is 11.8. The molecule has 4 nitrogen and oxygen atoms in total. The quantitative estimate of drug-likeness (QED) is 0.510. The van der Waals surface area contributed by atoms with Crippen LogP contribution in [0.1, 0.15) is 23.7 Å². The Kier molecular flexibility index (Phi) is 7.80. The van der Waals surface area contributed by atoms with E-state index in [1.54, 1.807) is 21.1 Å². The third kappa shape index (κ3) is 5.23. The van der Waals surface area contributed by atoms with Crippen LogP contribution in [-0.2, 0) is 9.47 Å². The van der Waals surface area contributed by atoms with Gasteiger partial charge < -0.3 is 14.4 Å². The standard InChI is InChI=1S/C15H22BrNO3/c1-12(18)14-6-5-13(16)11-15(14)17(8-10-20-3)7-4-9-19-2/h5-6,11H,4,7-10H2,1-3H3. The molecule has 0 saturated heterocycles. The SMILES string of the molecule is COCCCN(CCOC)c1cc(Br)ccc1C(C)=O. The van der Waals surface area contributed by atoms with Crippen molar-refractivity contribution in [2.45, 2.75) is 13.3 Å². The molecule has 0 heterocycles. The molecular formula is C15H22BrNO3. The van der Waals surface area contributed by atoms with Crippen molar-refractivity contribution in [2.75, 3.05) is 45.4 Å². The Morgan fingerprint density at radius 3 is 2.50 bits per heavy atom. The molecule has 0 unspecified atom stereocenters.